The Morgan fingerprint density at radius 1 is 0.897 bits per heavy atom. The van der Waals surface area contributed by atoms with Crippen LogP contribution in [-0.2, 0) is 6.61 Å². The van der Waals surface area contributed by atoms with Crippen molar-refractivity contribution in [3.8, 4) is 22.8 Å². The highest BCUT2D eigenvalue weighted by molar-refractivity contribution is 6.07. The van der Waals surface area contributed by atoms with Crippen LogP contribution in [0.25, 0.3) is 22.2 Å². The molecule has 6 nitrogen and oxygen atoms in total. The van der Waals surface area contributed by atoms with Crippen LogP contribution < -0.4 is 14.9 Å². The first-order valence-corrected chi connectivity index (χ1v) is 12.5. The molecule has 0 fully saturated rings. The zero-order chi connectivity index (χ0) is 27.0. The van der Waals surface area contributed by atoms with Crippen LogP contribution in [0.3, 0.4) is 0 Å². The highest BCUT2D eigenvalue weighted by Crippen LogP contribution is 2.29. The third-order valence-electron chi connectivity index (χ3n) is 5.96. The van der Waals surface area contributed by atoms with Gasteiger partial charge in [-0.2, -0.15) is 5.10 Å². The molecule has 0 atom stereocenters. The smallest absolute Gasteiger partial charge is 0.272 e. The Balaban J connectivity index is 1.33. The molecule has 1 N–H and O–H groups in total. The minimum absolute atomic E-state index is 0.201. The molecule has 1 aromatic heterocycles. The van der Waals surface area contributed by atoms with Gasteiger partial charge in [0.15, 0.2) is 11.5 Å². The second-order valence-electron chi connectivity index (χ2n) is 8.70. The van der Waals surface area contributed by atoms with Gasteiger partial charge in [0.05, 0.1) is 29.6 Å². The Kier molecular flexibility index (Phi) is 7.88. The molecular formula is C32H26FN3O3. The van der Waals surface area contributed by atoms with E-state index in [1.54, 1.807) is 36.4 Å². The molecule has 0 unspecified atom stereocenters. The van der Waals surface area contributed by atoms with E-state index in [-0.39, 0.29) is 18.3 Å². The first-order valence-electron chi connectivity index (χ1n) is 12.5. The molecule has 39 heavy (non-hydrogen) atoms. The summed E-state index contributed by atoms with van der Waals surface area (Å²) < 4.78 is 25.1. The first kappa shape index (κ1) is 25.6. The van der Waals surface area contributed by atoms with E-state index in [1.807, 2.05) is 61.5 Å². The average Bonchev–Trinajstić information content (AvgIpc) is 2.97. The van der Waals surface area contributed by atoms with Gasteiger partial charge in [-0.15, -0.1) is 0 Å². The third kappa shape index (κ3) is 6.27. The summed E-state index contributed by atoms with van der Waals surface area (Å²) in [5, 5.41) is 4.92. The van der Waals surface area contributed by atoms with E-state index in [1.165, 1.54) is 18.3 Å². The van der Waals surface area contributed by atoms with Gasteiger partial charge in [0.25, 0.3) is 5.91 Å². The number of fused-ring (bicyclic) bond motifs is 1. The van der Waals surface area contributed by atoms with E-state index in [4.69, 9.17) is 14.5 Å². The summed E-state index contributed by atoms with van der Waals surface area (Å²) in [5.74, 6) is 0.392. The maximum atomic E-state index is 13.5. The Bertz CT molecular complexity index is 1640. The summed E-state index contributed by atoms with van der Waals surface area (Å²) in [5.41, 5.74) is 6.89. The molecule has 4 aromatic carbocycles. The predicted octanol–water partition coefficient (Wildman–Crippen LogP) is 6.78. The van der Waals surface area contributed by atoms with Gasteiger partial charge in [-0.3, -0.25) is 4.79 Å². The maximum absolute atomic E-state index is 13.5. The fraction of sp³-hybridized carbons (Fsp3) is 0.0938. The van der Waals surface area contributed by atoms with Crippen molar-refractivity contribution in [2.45, 2.75) is 13.5 Å². The largest absolute Gasteiger partial charge is 0.490 e. The van der Waals surface area contributed by atoms with Gasteiger partial charge >= 0.3 is 0 Å². The lowest BCUT2D eigenvalue weighted by atomic mass is 10.0. The van der Waals surface area contributed by atoms with Crippen LogP contribution in [0.2, 0.25) is 0 Å². The van der Waals surface area contributed by atoms with Gasteiger partial charge < -0.3 is 9.47 Å². The predicted molar refractivity (Wildman–Crippen MR) is 151 cm³/mol. The molecular weight excluding hydrogens is 493 g/mol. The van der Waals surface area contributed by atoms with Crippen molar-refractivity contribution in [1.82, 2.24) is 10.4 Å². The molecule has 0 radical (unpaired) electrons. The van der Waals surface area contributed by atoms with Crippen LogP contribution in [0.5, 0.6) is 11.5 Å². The van der Waals surface area contributed by atoms with E-state index >= 15 is 0 Å². The second-order valence-corrected chi connectivity index (χ2v) is 8.70. The lowest BCUT2D eigenvalue weighted by molar-refractivity contribution is 0.0956. The number of pyridine rings is 1. The summed E-state index contributed by atoms with van der Waals surface area (Å²) in [7, 11) is 0. The van der Waals surface area contributed by atoms with E-state index in [0.29, 0.717) is 40.5 Å². The quantitative estimate of drug-likeness (QED) is 0.172. The minimum atomic E-state index is -0.345. The minimum Gasteiger partial charge on any atom is -0.490 e. The van der Waals surface area contributed by atoms with Crippen LogP contribution in [0.1, 0.15) is 28.4 Å². The van der Waals surface area contributed by atoms with E-state index < -0.39 is 0 Å². The van der Waals surface area contributed by atoms with Crippen molar-refractivity contribution >= 4 is 23.0 Å². The van der Waals surface area contributed by atoms with Gasteiger partial charge in [-0.1, -0.05) is 60.7 Å². The zero-order valence-electron chi connectivity index (χ0n) is 21.3. The summed E-state index contributed by atoms with van der Waals surface area (Å²) in [6.45, 7) is 2.51. The number of amides is 1. The fourth-order valence-electron chi connectivity index (χ4n) is 4.13. The number of hydrogen-bond donors (Lipinski definition) is 1. The molecule has 0 saturated heterocycles. The van der Waals surface area contributed by atoms with Crippen LogP contribution in [0.15, 0.2) is 108 Å². The summed E-state index contributed by atoms with van der Waals surface area (Å²) >= 11 is 0. The van der Waals surface area contributed by atoms with Gasteiger partial charge in [-0.05, 0) is 60.5 Å². The van der Waals surface area contributed by atoms with E-state index in [0.717, 1.165) is 16.5 Å². The molecule has 5 rings (SSSR count). The number of halogens is 1. The number of hydrogen-bond acceptors (Lipinski definition) is 5. The lowest BCUT2D eigenvalue weighted by Gasteiger charge is -2.13. The van der Waals surface area contributed by atoms with E-state index in [9.17, 15) is 9.18 Å². The number of aromatic nitrogens is 1. The number of benzene rings is 4. The summed E-state index contributed by atoms with van der Waals surface area (Å²) in [4.78, 5) is 17.9. The number of nitrogens with one attached hydrogen (secondary N) is 1. The topological polar surface area (TPSA) is 72.8 Å². The first-order chi connectivity index (χ1) is 19.1. The Labute approximate surface area is 225 Å². The molecule has 0 aliphatic carbocycles. The molecule has 0 spiro atoms. The Morgan fingerprint density at radius 2 is 1.72 bits per heavy atom. The van der Waals surface area contributed by atoms with Crippen LogP contribution >= 0.6 is 0 Å². The normalized spacial score (nSPS) is 11.0. The Morgan fingerprint density at radius 3 is 2.54 bits per heavy atom. The zero-order valence-corrected chi connectivity index (χ0v) is 21.3. The number of para-hydroxylation sites is 1. The molecule has 5 aromatic rings. The molecule has 1 amide bonds. The molecule has 0 saturated carbocycles. The van der Waals surface area contributed by atoms with Crippen molar-refractivity contribution in [2.75, 3.05) is 6.61 Å². The number of rotatable bonds is 9. The summed E-state index contributed by atoms with van der Waals surface area (Å²) in [6.07, 6.45) is 1.54. The molecule has 0 aliphatic heterocycles. The standard InChI is InChI=1S/C32H26FN3O3/c1-2-38-31-18-22(15-16-30(31)39-21-23-9-8-12-25(33)17-23)20-34-36-32(37)27-19-29(24-10-4-3-5-11-24)35-28-14-7-6-13-26(27)28/h3-20H,2,21H2,1H3,(H,36,37)/b34-20+. The highest BCUT2D eigenvalue weighted by Gasteiger charge is 2.14. The average molecular weight is 520 g/mol. The molecule has 194 valence electrons. The monoisotopic (exact) mass is 519 g/mol. The summed E-state index contributed by atoms with van der Waals surface area (Å²) in [6, 6.07) is 30.6. The number of carbonyl (C=O) groups excluding carboxylic acids is 1. The fourth-order valence-corrected chi connectivity index (χ4v) is 4.13. The maximum Gasteiger partial charge on any atom is 0.272 e. The second kappa shape index (κ2) is 12.0. The van der Waals surface area contributed by atoms with Crippen LogP contribution in [0.4, 0.5) is 4.39 Å². The van der Waals surface area contributed by atoms with Gasteiger partial charge in [0.1, 0.15) is 12.4 Å². The molecule has 0 aliphatic rings. The molecule has 7 heteroatoms. The lowest BCUT2D eigenvalue weighted by Crippen LogP contribution is -2.18. The van der Waals surface area contributed by atoms with E-state index in [2.05, 4.69) is 10.5 Å². The SMILES string of the molecule is CCOc1cc(/C=N/NC(=O)c2cc(-c3ccccc3)nc3ccccc23)ccc1OCc1cccc(F)c1. The van der Waals surface area contributed by atoms with Crippen molar-refractivity contribution < 1.29 is 18.7 Å². The molecule has 1 heterocycles. The van der Waals surface area contributed by atoms with Crippen molar-refractivity contribution in [1.29, 1.82) is 0 Å². The van der Waals surface area contributed by atoms with Gasteiger partial charge in [0.2, 0.25) is 0 Å². The van der Waals surface area contributed by atoms with Gasteiger partial charge in [0, 0.05) is 10.9 Å². The van der Waals surface area contributed by atoms with Crippen molar-refractivity contribution in [3.05, 3.63) is 126 Å². The van der Waals surface area contributed by atoms with Crippen molar-refractivity contribution in [2.24, 2.45) is 5.10 Å². The van der Waals surface area contributed by atoms with Crippen LogP contribution in [-0.4, -0.2) is 23.7 Å². The number of carbonyl (C=O) groups is 1. The van der Waals surface area contributed by atoms with Crippen LogP contribution in [0, 0.1) is 5.82 Å². The number of nitrogens with zero attached hydrogens (tertiary/aromatic N) is 2. The third-order valence-corrected chi connectivity index (χ3v) is 5.96. The van der Waals surface area contributed by atoms with Crippen molar-refractivity contribution in [3.63, 3.8) is 0 Å². The Hall–Kier alpha value is -5.04. The highest BCUT2D eigenvalue weighted by atomic mass is 19.1. The molecule has 0 bridgehead atoms. The number of hydrazone groups is 1. The number of ether oxygens (including phenoxy) is 2. The van der Waals surface area contributed by atoms with Gasteiger partial charge in [-0.25, -0.2) is 14.8 Å².